The number of hydrazone groups is 1. The van der Waals surface area contributed by atoms with E-state index in [1.54, 1.807) is 24.3 Å². The predicted octanol–water partition coefficient (Wildman–Crippen LogP) is 3.08. The van der Waals surface area contributed by atoms with Gasteiger partial charge in [-0.3, -0.25) is 4.79 Å². The fraction of sp³-hybridized carbons (Fsp3) is 0.143. The molecule has 35 heavy (non-hydrogen) atoms. The Balaban J connectivity index is 1.64. The lowest BCUT2D eigenvalue weighted by Crippen LogP contribution is -2.19. The van der Waals surface area contributed by atoms with E-state index in [0.717, 1.165) is 18.3 Å². The van der Waals surface area contributed by atoms with Gasteiger partial charge >= 0.3 is 6.18 Å². The average molecular weight is 486 g/mol. The van der Waals surface area contributed by atoms with Crippen LogP contribution >= 0.6 is 0 Å². The van der Waals surface area contributed by atoms with Crippen molar-refractivity contribution < 1.29 is 27.3 Å². The number of anilines is 1. The van der Waals surface area contributed by atoms with Crippen LogP contribution in [0.25, 0.3) is 17.1 Å². The lowest BCUT2D eigenvalue weighted by Gasteiger charge is -2.08. The van der Waals surface area contributed by atoms with Crippen molar-refractivity contribution in [3.8, 4) is 22.8 Å². The van der Waals surface area contributed by atoms with Gasteiger partial charge in [0.15, 0.2) is 5.69 Å². The van der Waals surface area contributed by atoms with Gasteiger partial charge in [0.05, 0.1) is 18.4 Å². The number of halogens is 3. The molecular weight excluding hydrogens is 469 g/mol. The van der Waals surface area contributed by atoms with E-state index in [0.29, 0.717) is 17.9 Å². The topological polar surface area (TPSA) is 146 Å². The van der Waals surface area contributed by atoms with Crippen molar-refractivity contribution in [3.05, 3.63) is 65.4 Å². The van der Waals surface area contributed by atoms with Crippen LogP contribution in [0, 0.1) is 0 Å². The molecule has 0 aliphatic heterocycles. The van der Waals surface area contributed by atoms with Crippen molar-refractivity contribution in [3.63, 3.8) is 0 Å². The van der Waals surface area contributed by atoms with Gasteiger partial charge in [0.25, 0.3) is 5.91 Å². The fourth-order valence-electron chi connectivity index (χ4n) is 3.07. The molecule has 0 aliphatic rings. The minimum absolute atomic E-state index is 0.00732. The average Bonchev–Trinajstić information content (AvgIpc) is 3.45. The van der Waals surface area contributed by atoms with E-state index in [4.69, 9.17) is 10.5 Å². The summed E-state index contributed by atoms with van der Waals surface area (Å²) >= 11 is 0. The van der Waals surface area contributed by atoms with Crippen LogP contribution in [-0.4, -0.2) is 44.0 Å². The summed E-state index contributed by atoms with van der Waals surface area (Å²) in [6, 6.07) is 11.2. The number of hydrogen-bond acceptors (Lipinski definition) is 9. The zero-order chi connectivity index (χ0) is 25.0. The highest BCUT2D eigenvalue weighted by Crippen LogP contribution is 2.30. The maximum absolute atomic E-state index is 12.9. The van der Waals surface area contributed by atoms with Crippen molar-refractivity contribution in [2.45, 2.75) is 13.1 Å². The number of rotatable bonds is 7. The quantitative estimate of drug-likeness (QED) is 0.299. The molecule has 3 N–H and O–H groups in total. The second kappa shape index (κ2) is 9.62. The highest BCUT2D eigenvalue weighted by Gasteiger charge is 2.30. The third-order valence-corrected chi connectivity index (χ3v) is 4.61. The van der Waals surface area contributed by atoms with E-state index in [-0.39, 0.29) is 28.6 Å². The van der Waals surface area contributed by atoms with Crippen molar-refractivity contribution in [1.29, 1.82) is 0 Å². The molecule has 11 nitrogen and oxygen atoms in total. The molecule has 0 aliphatic carbocycles. The summed E-state index contributed by atoms with van der Waals surface area (Å²) in [6.45, 7) is 2.31. The van der Waals surface area contributed by atoms with Crippen LogP contribution in [0.4, 0.5) is 19.0 Å². The van der Waals surface area contributed by atoms with E-state index in [9.17, 15) is 18.0 Å². The first-order chi connectivity index (χ1) is 16.8. The lowest BCUT2D eigenvalue weighted by molar-refractivity contribution is -0.137. The monoisotopic (exact) mass is 486 g/mol. The van der Waals surface area contributed by atoms with E-state index >= 15 is 0 Å². The Morgan fingerprint density at radius 2 is 2.00 bits per heavy atom. The Morgan fingerprint density at radius 3 is 2.66 bits per heavy atom. The molecular formula is C21H17F3N8O3. The van der Waals surface area contributed by atoms with Crippen molar-refractivity contribution in [2.24, 2.45) is 5.10 Å². The second-order valence-electron chi connectivity index (χ2n) is 6.95. The first-order valence-electron chi connectivity index (χ1n) is 10.1. The van der Waals surface area contributed by atoms with Gasteiger partial charge in [-0.15, -0.1) is 5.10 Å². The molecule has 1 amide bonds. The number of nitrogen functional groups attached to an aromatic ring is 1. The minimum atomic E-state index is -4.50. The van der Waals surface area contributed by atoms with Crippen LogP contribution in [0.1, 0.15) is 28.5 Å². The number of carbonyl (C=O) groups excluding carboxylic acids is 1. The van der Waals surface area contributed by atoms with Gasteiger partial charge in [-0.2, -0.15) is 23.0 Å². The van der Waals surface area contributed by atoms with Crippen LogP contribution in [0.15, 0.2) is 58.3 Å². The van der Waals surface area contributed by atoms with Crippen molar-refractivity contribution in [1.82, 2.24) is 30.7 Å². The molecule has 0 saturated heterocycles. The Morgan fingerprint density at radius 1 is 1.23 bits per heavy atom. The molecule has 4 aromatic rings. The molecule has 0 bridgehead atoms. The number of hydrogen-bond donors (Lipinski definition) is 2. The van der Waals surface area contributed by atoms with Crippen LogP contribution in [0.3, 0.4) is 0 Å². The summed E-state index contributed by atoms with van der Waals surface area (Å²) in [7, 11) is 0. The third-order valence-electron chi connectivity index (χ3n) is 4.61. The number of aromatic nitrogens is 5. The number of ether oxygens (including phenoxy) is 1. The fourth-order valence-corrected chi connectivity index (χ4v) is 3.07. The van der Waals surface area contributed by atoms with Gasteiger partial charge < -0.3 is 10.5 Å². The van der Waals surface area contributed by atoms with Crippen LogP contribution < -0.4 is 15.9 Å². The number of nitrogens with two attached hydrogens (primary N) is 1. The molecule has 4 rings (SSSR count). The number of nitrogens with zero attached hydrogens (tertiary/aromatic N) is 6. The molecule has 0 saturated carbocycles. The molecule has 0 atom stereocenters. The Labute approximate surface area is 195 Å². The Bertz CT molecular complexity index is 1360. The molecule has 0 fully saturated rings. The lowest BCUT2D eigenvalue weighted by atomic mass is 10.1. The van der Waals surface area contributed by atoms with Gasteiger partial charge in [0, 0.05) is 5.56 Å². The molecule has 2 aromatic carbocycles. The van der Waals surface area contributed by atoms with Gasteiger partial charge in [-0.1, -0.05) is 17.3 Å². The summed E-state index contributed by atoms with van der Waals surface area (Å²) in [5.41, 5.74) is 7.86. The molecule has 0 radical (unpaired) electrons. The number of alkyl halides is 3. The summed E-state index contributed by atoms with van der Waals surface area (Å²) in [6.07, 6.45) is -3.43. The number of amides is 1. The van der Waals surface area contributed by atoms with Gasteiger partial charge in [0.2, 0.25) is 11.6 Å². The zero-order valence-corrected chi connectivity index (χ0v) is 18.0. The largest absolute Gasteiger partial charge is 0.494 e. The van der Waals surface area contributed by atoms with Crippen molar-refractivity contribution >= 4 is 17.9 Å². The first kappa shape index (κ1) is 23.4. The predicted molar refractivity (Wildman–Crippen MR) is 117 cm³/mol. The molecule has 0 unspecified atom stereocenters. The van der Waals surface area contributed by atoms with E-state index in [2.05, 4.69) is 35.8 Å². The smallest absolute Gasteiger partial charge is 0.416 e. The summed E-state index contributed by atoms with van der Waals surface area (Å²) < 4.78 is 49.9. The van der Waals surface area contributed by atoms with Gasteiger partial charge in [-0.05, 0) is 59.2 Å². The third kappa shape index (κ3) is 5.10. The maximum Gasteiger partial charge on any atom is 0.416 e. The highest BCUT2D eigenvalue weighted by atomic mass is 19.4. The Kier molecular flexibility index (Phi) is 6.44. The highest BCUT2D eigenvalue weighted by molar-refractivity contribution is 5.98. The summed E-state index contributed by atoms with van der Waals surface area (Å²) in [5.74, 6) is -0.252. The summed E-state index contributed by atoms with van der Waals surface area (Å²) in [5, 5.41) is 18.8. The first-order valence-corrected chi connectivity index (χ1v) is 10.1. The van der Waals surface area contributed by atoms with E-state index < -0.39 is 17.6 Å². The molecule has 0 spiro atoms. The molecule has 14 heteroatoms. The molecule has 180 valence electrons. The molecule has 2 aromatic heterocycles. The minimum Gasteiger partial charge on any atom is -0.494 e. The van der Waals surface area contributed by atoms with Crippen LogP contribution in [0.2, 0.25) is 0 Å². The molecule has 2 heterocycles. The number of nitrogens with one attached hydrogen (secondary N) is 1. The van der Waals surface area contributed by atoms with Crippen LogP contribution in [0.5, 0.6) is 5.75 Å². The van der Waals surface area contributed by atoms with Crippen molar-refractivity contribution in [2.75, 3.05) is 12.3 Å². The zero-order valence-electron chi connectivity index (χ0n) is 18.0. The standard InChI is InChI=1S/C21H17F3N8O3/c1-2-34-15-8-6-13(7-9-15)17-16(27-31-32(17)19-18(25)29-35-30-19)20(33)28-26-11-12-4-3-5-14(10-12)21(22,23)24/h3-11H,2H2,1H3,(H2,25,29)(H,28,33)/b26-11-. The number of benzene rings is 2. The normalized spacial score (nSPS) is 11.7. The van der Waals surface area contributed by atoms with E-state index in [1.807, 2.05) is 6.92 Å². The van der Waals surface area contributed by atoms with E-state index in [1.165, 1.54) is 16.8 Å². The number of carbonyl (C=O) groups is 1. The van der Waals surface area contributed by atoms with Crippen LogP contribution in [-0.2, 0) is 6.18 Å². The SMILES string of the molecule is CCOc1ccc(-c2c(C(=O)N/N=C\c3cccc(C(F)(F)F)c3)nnn2-c2nonc2N)cc1. The van der Waals surface area contributed by atoms with Gasteiger partial charge in [-0.25, -0.2) is 10.1 Å². The second-order valence-corrected chi connectivity index (χ2v) is 6.95. The maximum atomic E-state index is 12.9. The van der Waals surface area contributed by atoms with Gasteiger partial charge in [0.1, 0.15) is 11.4 Å². The summed E-state index contributed by atoms with van der Waals surface area (Å²) in [4.78, 5) is 12.9. The Hall–Kier alpha value is -4.75.